The van der Waals surface area contributed by atoms with Crippen molar-refractivity contribution in [2.24, 2.45) is 0 Å². The molecule has 1 N–H and O–H groups in total. The lowest BCUT2D eigenvalue weighted by Gasteiger charge is -2.31. The molecular formula is C21H34N2O4. The van der Waals surface area contributed by atoms with Crippen molar-refractivity contribution in [3.8, 4) is 11.5 Å². The average molecular weight is 379 g/mol. The topological polar surface area (TPSA) is 54.4 Å². The summed E-state index contributed by atoms with van der Waals surface area (Å²) in [4.78, 5) is 4.73. The molecule has 6 nitrogen and oxygen atoms in total. The van der Waals surface area contributed by atoms with Crippen LogP contribution < -0.4 is 9.47 Å². The van der Waals surface area contributed by atoms with Gasteiger partial charge in [-0.05, 0) is 50.9 Å². The SMILES string of the molecule is COc1cc(CN2CCCC2(C)C)ccc1OC[C@@H](O)CN1CCOCC1. The van der Waals surface area contributed by atoms with Crippen molar-refractivity contribution >= 4 is 0 Å². The number of hydrogen-bond acceptors (Lipinski definition) is 6. The van der Waals surface area contributed by atoms with Crippen LogP contribution in [0.15, 0.2) is 18.2 Å². The summed E-state index contributed by atoms with van der Waals surface area (Å²) in [6.45, 7) is 10.7. The summed E-state index contributed by atoms with van der Waals surface area (Å²) in [5, 5.41) is 10.3. The second-order valence-electron chi connectivity index (χ2n) is 8.20. The summed E-state index contributed by atoms with van der Waals surface area (Å²) in [5.41, 5.74) is 1.48. The number of nitrogens with zero attached hydrogens (tertiary/aromatic N) is 2. The Hall–Kier alpha value is -1.34. The lowest BCUT2D eigenvalue weighted by molar-refractivity contribution is 0.00445. The van der Waals surface area contributed by atoms with Crippen LogP contribution in [0.1, 0.15) is 32.3 Å². The van der Waals surface area contributed by atoms with Crippen LogP contribution in [0.3, 0.4) is 0 Å². The van der Waals surface area contributed by atoms with Gasteiger partial charge in [0, 0.05) is 31.7 Å². The Balaban J connectivity index is 1.54. The quantitative estimate of drug-likeness (QED) is 0.748. The van der Waals surface area contributed by atoms with E-state index in [1.807, 2.05) is 6.07 Å². The molecule has 0 spiro atoms. The first kappa shape index (κ1) is 20.4. The Bertz CT molecular complexity index is 602. The fraction of sp³-hybridized carbons (Fsp3) is 0.714. The van der Waals surface area contributed by atoms with E-state index in [1.165, 1.54) is 18.4 Å². The van der Waals surface area contributed by atoms with E-state index in [2.05, 4.69) is 35.8 Å². The van der Waals surface area contributed by atoms with Gasteiger partial charge in [-0.1, -0.05) is 6.07 Å². The van der Waals surface area contributed by atoms with E-state index in [-0.39, 0.29) is 12.1 Å². The number of hydrogen-bond donors (Lipinski definition) is 1. The molecule has 0 aliphatic carbocycles. The van der Waals surface area contributed by atoms with Gasteiger partial charge in [0.2, 0.25) is 0 Å². The standard InChI is InChI=1S/C21H34N2O4/c1-21(2)7-4-8-23(21)14-17-5-6-19(20(13-17)25-3)27-16-18(24)15-22-9-11-26-12-10-22/h5-6,13,18,24H,4,7-12,14-16H2,1-3H3/t18-/m0/s1. The highest BCUT2D eigenvalue weighted by atomic mass is 16.5. The van der Waals surface area contributed by atoms with Crippen molar-refractivity contribution in [3.05, 3.63) is 23.8 Å². The largest absolute Gasteiger partial charge is 0.493 e. The Morgan fingerprint density at radius 1 is 1.19 bits per heavy atom. The summed E-state index contributed by atoms with van der Waals surface area (Å²) in [6.07, 6.45) is 1.97. The molecule has 2 aliphatic heterocycles. The lowest BCUT2D eigenvalue weighted by atomic mass is 10.0. The third-order valence-corrected chi connectivity index (χ3v) is 5.68. The van der Waals surface area contributed by atoms with Gasteiger partial charge < -0.3 is 19.3 Å². The van der Waals surface area contributed by atoms with Crippen LogP contribution in [0.2, 0.25) is 0 Å². The van der Waals surface area contributed by atoms with Gasteiger partial charge in [0.1, 0.15) is 12.7 Å². The maximum Gasteiger partial charge on any atom is 0.161 e. The first-order valence-corrected chi connectivity index (χ1v) is 10.0. The van der Waals surface area contributed by atoms with Crippen LogP contribution in [0.25, 0.3) is 0 Å². The van der Waals surface area contributed by atoms with Gasteiger partial charge in [-0.3, -0.25) is 9.80 Å². The average Bonchev–Trinajstić information content (AvgIpc) is 2.99. The van der Waals surface area contributed by atoms with Crippen molar-refractivity contribution in [3.63, 3.8) is 0 Å². The first-order valence-electron chi connectivity index (χ1n) is 10.0. The fourth-order valence-electron chi connectivity index (χ4n) is 3.93. The molecule has 152 valence electrons. The van der Waals surface area contributed by atoms with Gasteiger partial charge in [0.25, 0.3) is 0 Å². The molecule has 0 aromatic heterocycles. The zero-order chi connectivity index (χ0) is 19.3. The first-order chi connectivity index (χ1) is 13.0. The van der Waals surface area contributed by atoms with Crippen LogP contribution in [-0.4, -0.2) is 79.7 Å². The number of ether oxygens (including phenoxy) is 3. The molecule has 0 saturated carbocycles. The maximum atomic E-state index is 10.3. The molecule has 0 bridgehead atoms. The third-order valence-electron chi connectivity index (χ3n) is 5.68. The Morgan fingerprint density at radius 3 is 2.63 bits per heavy atom. The van der Waals surface area contributed by atoms with Crippen LogP contribution in [0, 0.1) is 0 Å². The highest BCUT2D eigenvalue weighted by Crippen LogP contribution is 2.33. The number of benzene rings is 1. The molecule has 2 saturated heterocycles. The minimum absolute atomic E-state index is 0.256. The predicted molar refractivity (Wildman–Crippen MR) is 105 cm³/mol. The smallest absolute Gasteiger partial charge is 0.161 e. The fourth-order valence-corrected chi connectivity index (χ4v) is 3.93. The number of rotatable bonds is 8. The summed E-state index contributed by atoms with van der Waals surface area (Å²) in [5.74, 6) is 1.41. The molecule has 2 fully saturated rings. The predicted octanol–water partition coefficient (Wildman–Crippen LogP) is 2.14. The van der Waals surface area contributed by atoms with Crippen molar-refractivity contribution in [2.75, 3.05) is 53.1 Å². The van der Waals surface area contributed by atoms with E-state index < -0.39 is 6.10 Å². The molecule has 1 atom stereocenters. The van der Waals surface area contributed by atoms with Crippen molar-refractivity contribution in [1.29, 1.82) is 0 Å². The summed E-state index contributed by atoms with van der Waals surface area (Å²) < 4.78 is 16.7. The zero-order valence-electron chi connectivity index (χ0n) is 16.9. The number of β-amino-alcohol motifs (C(OH)–C–C–N with tert-alkyl or cyclic N) is 1. The molecule has 27 heavy (non-hydrogen) atoms. The van der Waals surface area contributed by atoms with E-state index in [9.17, 15) is 5.11 Å². The normalized spacial score (nSPS) is 21.9. The highest BCUT2D eigenvalue weighted by molar-refractivity contribution is 5.43. The monoisotopic (exact) mass is 378 g/mol. The molecular weight excluding hydrogens is 344 g/mol. The van der Waals surface area contributed by atoms with E-state index in [1.54, 1.807) is 7.11 Å². The number of aliphatic hydroxyl groups is 1. The molecule has 2 aliphatic rings. The molecule has 1 aromatic carbocycles. The second kappa shape index (κ2) is 9.24. The lowest BCUT2D eigenvalue weighted by Crippen LogP contribution is -2.42. The molecule has 6 heteroatoms. The van der Waals surface area contributed by atoms with Gasteiger partial charge in [0.05, 0.1) is 20.3 Å². The number of aliphatic hydroxyl groups excluding tert-OH is 1. The van der Waals surface area contributed by atoms with Crippen molar-refractivity contribution in [1.82, 2.24) is 9.80 Å². The van der Waals surface area contributed by atoms with Gasteiger partial charge in [-0.25, -0.2) is 0 Å². The van der Waals surface area contributed by atoms with Gasteiger partial charge >= 0.3 is 0 Å². The van der Waals surface area contributed by atoms with E-state index in [0.717, 1.165) is 45.1 Å². The number of methoxy groups -OCH3 is 1. The minimum atomic E-state index is -0.530. The van der Waals surface area contributed by atoms with Gasteiger partial charge in [0.15, 0.2) is 11.5 Å². The highest BCUT2D eigenvalue weighted by Gasteiger charge is 2.31. The number of likely N-dealkylation sites (tertiary alicyclic amines) is 1. The number of morpholine rings is 1. The van der Waals surface area contributed by atoms with E-state index >= 15 is 0 Å². The second-order valence-corrected chi connectivity index (χ2v) is 8.20. The van der Waals surface area contributed by atoms with E-state index in [0.29, 0.717) is 12.3 Å². The Morgan fingerprint density at radius 2 is 1.96 bits per heavy atom. The molecule has 1 aromatic rings. The summed E-state index contributed by atoms with van der Waals surface area (Å²) >= 11 is 0. The van der Waals surface area contributed by atoms with Crippen LogP contribution in [-0.2, 0) is 11.3 Å². The molecule has 2 heterocycles. The summed E-state index contributed by atoms with van der Waals surface area (Å²) in [6, 6.07) is 6.11. The molecule has 0 radical (unpaired) electrons. The minimum Gasteiger partial charge on any atom is -0.493 e. The summed E-state index contributed by atoms with van der Waals surface area (Å²) in [7, 11) is 1.66. The molecule has 0 amide bonds. The van der Waals surface area contributed by atoms with Crippen LogP contribution in [0.5, 0.6) is 11.5 Å². The molecule has 3 rings (SSSR count). The maximum absolute atomic E-state index is 10.3. The zero-order valence-corrected chi connectivity index (χ0v) is 16.9. The van der Waals surface area contributed by atoms with Crippen molar-refractivity contribution in [2.45, 2.75) is 44.9 Å². The van der Waals surface area contributed by atoms with E-state index in [4.69, 9.17) is 14.2 Å². The van der Waals surface area contributed by atoms with Crippen LogP contribution >= 0.6 is 0 Å². The van der Waals surface area contributed by atoms with Gasteiger partial charge in [-0.2, -0.15) is 0 Å². The molecule has 0 unspecified atom stereocenters. The Labute approximate surface area is 163 Å². The van der Waals surface area contributed by atoms with Crippen molar-refractivity contribution < 1.29 is 19.3 Å². The third kappa shape index (κ3) is 5.57. The van der Waals surface area contributed by atoms with Gasteiger partial charge in [-0.15, -0.1) is 0 Å². The Kier molecular flexibility index (Phi) is 6.98. The van der Waals surface area contributed by atoms with Crippen LogP contribution in [0.4, 0.5) is 0 Å².